The number of para-hydroxylation sites is 1. The van der Waals surface area contributed by atoms with E-state index in [1.54, 1.807) is 29.2 Å². The molecule has 170 valence electrons. The maximum Gasteiger partial charge on any atom is 0.262 e. The zero-order valence-electron chi connectivity index (χ0n) is 19.1. The number of benzene rings is 2. The fourth-order valence-corrected chi connectivity index (χ4v) is 3.64. The summed E-state index contributed by atoms with van der Waals surface area (Å²) >= 11 is 0. The largest absolute Gasteiger partial charge is 0.484 e. The predicted octanol–water partition coefficient (Wildman–Crippen LogP) is 3.45. The summed E-state index contributed by atoms with van der Waals surface area (Å²) in [7, 11) is 0. The lowest BCUT2D eigenvalue weighted by Crippen LogP contribution is -2.35. The predicted molar refractivity (Wildman–Crippen MR) is 125 cm³/mol. The van der Waals surface area contributed by atoms with Gasteiger partial charge in [-0.1, -0.05) is 32.0 Å². The van der Waals surface area contributed by atoms with E-state index in [1.165, 1.54) is 0 Å². The number of carbonyl (C=O) groups is 3. The van der Waals surface area contributed by atoms with Gasteiger partial charge in [0.2, 0.25) is 11.8 Å². The summed E-state index contributed by atoms with van der Waals surface area (Å²) in [6.07, 6.45) is 0.209. The minimum atomic E-state index is -0.342. The number of hydrogen-bond donors (Lipinski definition) is 2. The van der Waals surface area contributed by atoms with Crippen molar-refractivity contribution in [3.63, 3.8) is 0 Å². The highest BCUT2D eigenvalue weighted by molar-refractivity contribution is 6.00. The van der Waals surface area contributed by atoms with Crippen molar-refractivity contribution in [3.8, 4) is 5.75 Å². The van der Waals surface area contributed by atoms with Crippen LogP contribution in [-0.2, 0) is 14.4 Å². The van der Waals surface area contributed by atoms with E-state index >= 15 is 0 Å². The summed E-state index contributed by atoms with van der Waals surface area (Å²) in [5, 5.41) is 5.79. The first kappa shape index (κ1) is 23.3. The third-order valence-electron chi connectivity index (χ3n) is 5.44. The van der Waals surface area contributed by atoms with Crippen molar-refractivity contribution >= 4 is 29.1 Å². The highest BCUT2D eigenvalue weighted by atomic mass is 16.5. The lowest BCUT2D eigenvalue weighted by atomic mass is 10.1. The van der Waals surface area contributed by atoms with Crippen LogP contribution in [0.2, 0.25) is 0 Å². The van der Waals surface area contributed by atoms with Crippen LogP contribution in [0.5, 0.6) is 5.75 Å². The van der Waals surface area contributed by atoms with E-state index in [-0.39, 0.29) is 36.7 Å². The van der Waals surface area contributed by atoms with Crippen molar-refractivity contribution in [1.82, 2.24) is 5.32 Å². The summed E-state index contributed by atoms with van der Waals surface area (Å²) in [6.45, 7) is 8.80. The highest BCUT2D eigenvalue weighted by Gasteiger charge is 2.35. The second kappa shape index (κ2) is 10.3. The molecule has 1 saturated heterocycles. The number of aryl methyl sites for hydroxylation is 2. The molecule has 0 aliphatic carbocycles. The molecule has 1 aliphatic rings. The average Bonchev–Trinajstić information content (AvgIpc) is 3.15. The zero-order valence-corrected chi connectivity index (χ0v) is 19.1. The van der Waals surface area contributed by atoms with Gasteiger partial charge < -0.3 is 20.3 Å². The van der Waals surface area contributed by atoms with Gasteiger partial charge in [-0.3, -0.25) is 14.4 Å². The first-order valence-corrected chi connectivity index (χ1v) is 10.9. The van der Waals surface area contributed by atoms with Crippen molar-refractivity contribution in [2.75, 3.05) is 29.9 Å². The Kier molecular flexibility index (Phi) is 7.51. The Morgan fingerprint density at radius 2 is 1.75 bits per heavy atom. The molecule has 2 aromatic carbocycles. The Bertz CT molecular complexity index is 965. The van der Waals surface area contributed by atoms with E-state index in [4.69, 9.17) is 4.74 Å². The number of amides is 3. The van der Waals surface area contributed by atoms with Crippen molar-refractivity contribution < 1.29 is 19.1 Å². The van der Waals surface area contributed by atoms with E-state index in [0.29, 0.717) is 30.4 Å². The van der Waals surface area contributed by atoms with Gasteiger partial charge in [0.05, 0.1) is 5.92 Å². The van der Waals surface area contributed by atoms with Gasteiger partial charge in [0.1, 0.15) is 5.75 Å². The number of anilines is 2. The summed E-state index contributed by atoms with van der Waals surface area (Å²) in [6, 6.07) is 12.8. The van der Waals surface area contributed by atoms with Crippen LogP contribution in [0.4, 0.5) is 11.4 Å². The van der Waals surface area contributed by atoms with Crippen LogP contribution in [-0.4, -0.2) is 37.4 Å². The molecule has 0 bridgehead atoms. The molecule has 7 nitrogen and oxygen atoms in total. The van der Waals surface area contributed by atoms with Crippen LogP contribution in [0, 0.1) is 25.7 Å². The lowest BCUT2D eigenvalue weighted by molar-refractivity contribution is -0.126. The molecule has 1 atom stereocenters. The van der Waals surface area contributed by atoms with Gasteiger partial charge >= 0.3 is 0 Å². The van der Waals surface area contributed by atoms with Crippen LogP contribution in [0.3, 0.4) is 0 Å². The van der Waals surface area contributed by atoms with Crippen LogP contribution in [0.1, 0.15) is 31.4 Å². The molecule has 0 radical (unpaired) electrons. The molecular formula is C25H31N3O4. The molecule has 1 aliphatic heterocycles. The van der Waals surface area contributed by atoms with Gasteiger partial charge in [0, 0.05) is 30.9 Å². The van der Waals surface area contributed by atoms with Crippen LogP contribution < -0.4 is 20.3 Å². The number of carbonyl (C=O) groups excluding carboxylic acids is 3. The summed E-state index contributed by atoms with van der Waals surface area (Å²) < 4.78 is 5.60. The molecule has 0 aromatic heterocycles. The number of hydrogen-bond acceptors (Lipinski definition) is 4. The number of nitrogens with one attached hydrogen (secondary N) is 2. The van der Waals surface area contributed by atoms with Gasteiger partial charge in [-0.2, -0.15) is 0 Å². The Morgan fingerprint density at radius 3 is 2.38 bits per heavy atom. The molecule has 2 N–H and O–H groups in total. The van der Waals surface area contributed by atoms with Crippen molar-refractivity contribution in [3.05, 3.63) is 53.6 Å². The smallest absolute Gasteiger partial charge is 0.262 e. The number of ether oxygens (including phenoxy) is 1. The quantitative estimate of drug-likeness (QED) is 0.662. The maximum absolute atomic E-state index is 12.4. The lowest BCUT2D eigenvalue weighted by Gasteiger charge is -2.17. The number of nitrogens with zero attached hydrogens (tertiary/aromatic N) is 1. The molecule has 3 amide bonds. The molecule has 0 spiro atoms. The standard InChI is InChI=1S/C25H31N3O4/c1-16(2)13-26-25(31)19-12-23(30)28(14-19)20-8-10-21(11-9-20)32-15-22(29)27-24-17(3)6-5-7-18(24)4/h5-11,16,19H,12-15H2,1-4H3,(H,26,31)(H,27,29). The average molecular weight is 438 g/mol. The number of rotatable bonds is 8. The van der Waals surface area contributed by atoms with E-state index < -0.39 is 0 Å². The fourth-order valence-electron chi connectivity index (χ4n) is 3.64. The van der Waals surface area contributed by atoms with Crippen LogP contribution >= 0.6 is 0 Å². The molecule has 1 fully saturated rings. The Balaban J connectivity index is 1.53. The first-order valence-electron chi connectivity index (χ1n) is 10.9. The van der Waals surface area contributed by atoms with Crippen molar-refractivity contribution in [2.24, 2.45) is 11.8 Å². The zero-order chi connectivity index (χ0) is 23.3. The van der Waals surface area contributed by atoms with Crippen LogP contribution in [0.25, 0.3) is 0 Å². The molecule has 3 rings (SSSR count). The van der Waals surface area contributed by atoms with E-state index in [9.17, 15) is 14.4 Å². The summed E-state index contributed by atoms with van der Waals surface area (Å²) in [4.78, 5) is 38.6. The Labute approximate surface area is 189 Å². The van der Waals surface area contributed by atoms with Crippen molar-refractivity contribution in [2.45, 2.75) is 34.1 Å². The summed E-state index contributed by atoms with van der Waals surface area (Å²) in [5.74, 6) is 0.161. The molecule has 7 heteroatoms. The van der Waals surface area contributed by atoms with Gasteiger partial charge in [0.15, 0.2) is 6.61 Å². The SMILES string of the molecule is Cc1cccc(C)c1NC(=O)COc1ccc(N2CC(C(=O)NCC(C)C)CC2=O)cc1. The Morgan fingerprint density at radius 1 is 1.09 bits per heavy atom. The van der Waals surface area contributed by atoms with E-state index in [0.717, 1.165) is 16.8 Å². The third-order valence-corrected chi connectivity index (χ3v) is 5.44. The topological polar surface area (TPSA) is 87.7 Å². The molecule has 2 aromatic rings. The first-order chi connectivity index (χ1) is 15.2. The second-order valence-corrected chi connectivity index (χ2v) is 8.64. The van der Waals surface area contributed by atoms with E-state index in [2.05, 4.69) is 10.6 Å². The fraction of sp³-hybridized carbons (Fsp3) is 0.400. The Hall–Kier alpha value is -3.35. The monoisotopic (exact) mass is 437 g/mol. The highest BCUT2D eigenvalue weighted by Crippen LogP contribution is 2.27. The maximum atomic E-state index is 12.4. The van der Waals surface area contributed by atoms with Gasteiger partial charge in [-0.05, 0) is 55.2 Å². The van der Waals surface area contributed by atoms with Gasteiger partial charge in [0.25, 0.3) is 5.91 Å². The van der Waals surface area contributed by atoms with Crippen molar-refractivity contribution in [1.29, 1.82) is 0 Å². The second-order valence-electron chi connectivity index (χ2n) is 8.64. The van der Waals surface area contributed by atoms with E-state index in [1.807, 2.05) is 45.9 Å². The van der Waals surface area contributed by atoms with Crippen LogP contribution in [0.15, 0.2) is 42.5 Å². The minimum absolute atomic E-state index is 0.0728. The molecular weight excluding hydrogens is 406 g/mol. The molecule has 1 unspecified atom stereocenters. The minimum Gasteiger partial charge on any atom is -0.484 e. The molecule has 0 saturated carbocycles. The molecule has 32 heavy (non-hydrogen) atoms. The summed E-state index contributed by atoms with van der Waals surface area (Å²) in [5.41, 5.74) is 3.50. The third kappa shape index (κ3) is 5.87. The molecule has 1 heterocycles. The van der Waals surface area contributed by atoms with Gasteiger partial charge in [-0.25, -0.2) is 0 Å². The van der Waals surface area contributed by atoms with Gasteiger partial charge in [-0.15, -0.1) is 0 Å². The normalized spacial score (nSPS) is 15.7.